The van der Waals surface area contributed by atoms with Gasteiger partial charge in [0, 0.05) is 21.4 Å². The summed E-state index contributed by atoms with van der Waals surface area (Å²) in [4.78, 5) is 4.65. The van der Waals surface area contributed by atoms with Crippen LogP contribution in [-0.4, -0.2) is 25.5 Å². The summed E-state index contributed by atoms with van der Waals surface area (Å²) in [6.07, 6.45) is 2.25. The molecule has 3 heteroatoms. The van der Waals surface area contributed by atoms with Crippen molar-refractivity contribution in [2.75, 3.05) is 20.6 Å². The number of hydrogen-bond donors (Lipinski definition) is 0. The standard InChI is InChI=1S/C17H18ClNS/c1-19(2)13-12-17(14-8-10-15(18)11-9-14)20-16-6-4-3-5-7-16/h3-12H,13H2,1-2H3/b17-12-. The third-order valence-corrected chi connectivity index (χ3v) is 4.12. The lowest BCUT2D eigenvalue weighted by Gasteiger charge is -2.11. The fourth-order valence-corrected chi connectivity index (χ4v) is 2.80. The second-order valence-corrected chi connectivity index (χ2v) is 6.30. The Morgan fingerprint density at radius 3 is 2.30 bits per heavy atom. The summed E-state index contributed by atoms with van der Waals surface area (Å²) in [5.74, 6) is 0. The first-order valence-corrected chi connectivity index (χ1v) is 7.68. The molecule has 0 aliphatic heterocycles. The van der Waals surface area contributed by atoms with E-state index in [4.69, 9.17) is 11.6 Å². The van der Waals surface area contributed by atoms with Gasteiger partial charge in [-0.15, -0.1) is 0 Å². The monoisotopic (exact) mass is 303 g/mol. The maximum Gasteiger partial charge on any atom is 0.0406 e. The highest BCUT2D eigenvalue weighted by atomic mass is 35.5. The molecule has 1 nitrogen and oxygen atoms in total. The van der Waals surface area contributed by atoms with Crippen LogP contribution in [-0.2, 0) is 0 Å². The van der Waals surface area contributed by atoms with Gasteiger partial charge in [0.15, 0.2) is 0 Å². The van der Waals surface area contributed by atoms with Gasteiger partial charge in [-0.3, -0.25) is 0 Å². The number of likely N-dealkylation sites (N-methyl/N-ethyl adjacent to an activating group) is 1. The summed E-state index contributed by atoms with van der Waals surface area (Å²) in [6.45, 7) is 0.914. The van der Waals surface area contributed by atoms with Gasteiger partial charge in [0.05, 0.1) is 0 Å². The van der Waals surface area contributed by atoms with Crippen molar-refractivity contribution in [2.24, 2.45) is 0 Å². The van der Waals surface area contributed by atoms with Crippen LogP contribution in [0, 0.1) is 0 Å². The topological polar surface area (TPSA) is 3.24 Å². The molecule has 0 unspecified atom stereocenters. The molecule has 0 amide bonds. The molecule has 0 saturated heterocycles. The molecule has 0 radical (unpaired) electrons. The molecule has 0 atom stereocenters. The van der Waals surface area contributed by atoms with Gasteiger partial charge < -0.3 is 4.90 Å². The molecule has 2 aromatic rings. The fraction of sp³-hybridized carbons (Fsp3) is 0.176. The van der Waals surface area contributed by atoms with Crippen molar-refractivity contribution >= 4 is 28.3 Å². The third kappa shape index (κ3) is 4.71. The van der Waals surface area contributed by atoms with Gasteiger partial charge >= 0.3 is 0 Å². The van der Waals surface area contributed by atoms with Crippen LogP contribution < -0.4 is 0 Å². The highest BCUT2D eigenvalue weighted by Gasteiger charge is 2.04. The van der Waals surface area contributed by atoms with Gasteiger partial charge in [0.2, 0.25) is 0 Å². The number of halogens is 1. The van der Waals surface area contributed by atoms with Gasteiger partial charge in [-0.1, -0.05) is 59.8 Å². The Labute approximate surface area is 130 Å². The van der Waals surface area contributed by atoms with Crippen molar-refractivity contribution in [3.8, 4) is 0 Å². The molecule has 0 spiro atoms. The number of benzene rings is 2. The van der Waals surface area contributed by atoms with Crippen LogP contribution in [0.15, 0.2) is 65.6 Å². The molecule has 0 bridgehead atoms. The molecule has 2 aromatic carbocycles. The Morgan fingerprint density at radius 2 is 1.70 bits per heavy atom. The van der Waals surface area contributed by atoms with Gasteiger partial charge in [-0.05, 0) is 43.9 Å². The molecule has 0 heterocycles. The molecule has 0 N–H and O–H groups in total. The maximum absolute atomic E-state index is 5.97. The van der Waals surface area contributed by atoms with E-state index in [2.05, 4.69) is 61.5 Å². The van der Waals surface area contributed by atoms with Gasteiger partial charge in [-0.25, -0.2) is 0 Å². The lowest BCUT2D eigenvalue weighted by Crippen LogP contribution is -2.10. The van der Waals surface area contributed by atoms with E-state index in [9.17, 15) is 0 Å². The van der Waals surface area contributed by atoms with Crippen LogP contribution in [0.1, 0.15) is 5.56 Å². The summed E-state index contributed by atoms with van der Waals surface area (Å²) in [5, 5.41) is 0.769. The minimum atomic E-state index is 0.769. The molecule has 0 saturated carbocycles. The maximum atomic E-state index is 5.97. The normalized spacial score (nSPS) is 11.9. The number of thioether (sulfide) groups is 1. The SMILES string of the molecule is CN(C)C/C=C(\Sc1ccccc1)c1ccc(Cl)cc1. The highest BCUT2D eigenvalue weighted by molar-refractivity contribution is 8.08. The quantitative estimate of drug-likeness (QED) is 0.712. The van der Waals surface area contributed by atoms with Crippen molar-refractivity contribution in [1.29, 1.82) is 0 Å². The Bertz CT molecular complexity index is 561. The van der Waals surface area contributed by atoms with Gasteiger partial charge in [0.1, 0.15) is 0 Å². The molecule has 0 aliphatic rings. The molecular formula is C17H18ClNS. The summed E-state index contributed by atoms with van der Waals surface area (Å²) < 4.78 is 0. The van der Waals surface area contributed by atoms with Gasteiger partial charge in [0.25, 0.3) is 0 Å². The predicted molar refractivity (Wildman–Crippen MR) is 90.3 cm³/mol. The third-order valence-electron chi connectivity index (χ3n) is 2.74. The van der Waals surface area contributed by atoms with Crippen molar-refractivity contribution in [1.82, 2.24) is 4.90 Å². The Balaban J connectivity index is 2.25. The summed E-state index contributed by atoms with van der Waals surface area (Å²) in [6, 6.07) is 18.4. The summed E-state index contributed by atoms with van der Waals surface area (Å²) in [5.41, 5.74) is 1.20. The van der Waals surface area contributed by atoms with E-state index in [-0.39, 0.29) is 0 Å². The van der Waals surface area contributed by atoms with Gasteiger partial charge in [-0.2, -0.15) is 0 Å². The van der Waals surface area contributed by atoms with E-state index in [1.807, 2.05) is 18.2 Å². The van der Waals surface area contributed by atoms with Crippen molar-refractivity contribution in [3.63, 3.8) is 0 Å². The molecule has 0 aromatic heterocycles. The highest BCUT2D eigenvalue weighted by Crippen LogP contribution is 2.34. The second-order valence-electron chi connectivity index (χ2n) is 4.75. The predicted octanol–water partition coefficient (Wildman–Crippen LogP) is 5.03. The van der Waals surface area contributed by atoms with E-state index in [1.54, 1.807) is 11.8 Å². The largest absolute Gasteiger partial charge is 0.306 e. The molecule has 20 heavy (non-hydrogen) atoms. The summed E-state index contributed by atoms with van der Waals surface area (Å²) in [7, 11) is 4.15. The van der Waals surface area contributed by atoms with E-state index < -0.39 is 0 Å². The van der Waals surface area contributed by atoms with Crippen LogP contribution in [0.4, 0.5) is 0 Å². The molecule has 0 fully saturated rings. The Hall–Kier alpha value is -1.22. The fourth-order valence-electron chi connectivity index (χ4n) is 1.71. The van der Waals surface area contributed by atoms with E-state index in [0.717, 1.165) is 11.6 Å². The first kappa shape index (κ1) is 15.2. The molecule has 2 rings (SSSR count). The smallest absolute Gasteiger partial charge is 0.0406 e. The summed E-state index contributed by atoms with van der Waals surface area (Å²) >= 11 is 7.75. The van der Waals surface area contributed by atoms with Crippen molar-refractivity contribution in [3.05, 3.63) is 71.3 Å². The first-order chi connectivity index (χ1) is 9.65. The Kier molecular flexibility index (Phi) is 5.72. The first-order valence-electron chi connectivity index (χ1n) is 6.49. The second kappa shape index (κ2) is 7.53. The van der Waals surface area contributed by atoms with E-state index in [1.165, 1.54) is 15.4 Å². The van der Waals surface area contributed by atoms with Crippen LogP contribution in [0.5, 0.6) is 0 Å². The average molecular weight is 304 g/mol. The van der Waals surface area contributed by atoms with Crippen molar-refractivity contribution < 1.29 is 0 Å². The van der Waals surface area contributed by atoms with Crippen LogP contribution in [0.2, 0.25) is 5.02 Å². The zero-order chi connectivity index (χ0) is 14.4. The Morgan fingerprint density at radius 1 is 1.05 bits per heavy atom. The van der Waals surface area contributed by atoms with Crippen molar-refractivity contribution in [2.45, 2.75) is 4.90 Å². The average Bonchev–Trinajstić information content (AvgIpc) is 2.45. The molecule has 104 valence electrons. The zero-order valence-electron chi connectivity index (χ0n) is 11.7. The van der Waals surface area contributed by atoms with E-state index >= 15 is 0 Å². The number of rotatable bonds is 5. The number of hydrogen-bond acceptors (Lipinski definition) is 2. The van der Waals surface area contributed by atoms with Crippen LogP contribution in [0.3, 0.4) is 0 Å². The zero-order valence-corrected chi connectivity index (χ0v) is 13.3. The van der Waals surface area contributed by atoms with Crippen LogP contribution >= 0.6 is 23.4 Å². The lowest BCUT2D eigenvalue weighted by molar-refractivity contribution is 0.457. The van der Waals surface area contributed by atoms with E-state index in [0.29, 0.717) is 0 Å². The minimum absolute atomic E-state index is 0.769. The lowest BCUT2D eigenvalue weighted by atomic mass is 10.2. The number of nitrogens with zero attached hydrogens (tertiary/aromatic N) is 1. The minimum Gasteiger partial charge on any atom is -0.306 e. The van der Waals surface area contributed by atoms with Crippen LogP contribution in [0.25, 0.3) is 4.91 Å². The molecular weight excluding hydrogens is 286 g/mol. The molecule has 0 aliphatic carbocycles.